The summed E-state index contributed by atoms with van der Waals surface area (Å²) in [5.41, 5.74) is 2.31. The van der Waals surface area contributed by atoms with Crippen LogP contribution in [0.5, 0.6) is 0 Å². The molecule has 0 bridgehead atoms. The molecule has 3 N–H and O–H groups in total. The maximum absolute atomic E-state index is 12.7. The lowest BCUT2D eigenvalue weighted by Gasteiger charge is -2.21. The van der Waals surface area contributed by atoms with Crippen LogP contribution < -0.4 is 16.0 Å². The first-order valence-corrected chi connectivity index (χ1v) is 10.6. The molecule has 3 rings (SSSR count). The molecule has 0 aliphatic rings. The first kappa shape index (κ1) is 23.6. The third-order valence-electron chi connectivity index (χ3n) is 4.86. The molecule has 8 nitrogen and oxygen atoms in total. The Morgan fingerprint density at radius 3 is 2.27 bits per heavy atom. The zero-order chi connectivity index (χ0) is 23.6. The van der Waals surface area contributed by atoms with E-state index in [1.165, 1.54) is 6.26 Å². The molecular formula is C25H27N3O5. The number of hydrogen-bond acceptors (Lipinski definition) is 5. The molecule has 8 heteroatoms. The van der Waals surface area contributed by atoms with Crippen LogP contribution in [0.4, 0.5) is 10.5 Å². The van der Waals surface area contributed by atoms with Gasteiger partial charge in [-0.2, -0.15) is 0 Å². The van der Waals surface area contributed by atoms with Crippen LogP contribution in [-0.4, -0.2) is 23.9 Å². The normalized spacial score (nSPS) is 11.5. The van der Waals surface area contributed by atoms with Crippen molar-refractivity contribution in [3.05, 3.63) is 89.9 Å². The van der Waals surface area contributed by atoms with Crippen molar-refractivity contribution in [1.29, 1.82) is 0 Å². The zero-order valence-corrected chi connectivity index (χ0v) is 18.5. The van der Waals surface area contributed by atoms with Gasteiger partial charge in [0.15, 0.2) is 5.76 Å². The maximum Gasteiger partial charge on any atom is 0.408 e. The maximum atomic E-state index is 12.7. The van der Waals surface area contributed by atoms with Gasteiger partial charge in [-0.05, 0) is 41.3 Å². The first-order valence-electron chi connectivity index (χ1n) is 10.6. The molecule has 0 aliphatic heterocycles. The van der Waals surface area contributed by atoms with Gasteiger partial charge in [0, 0.05) is 12.2 Å². The largest absolute Gasteiger partial charge is 0.459 e. The predicted octanol–water partition coefficient (Wildman–Crippen LogP) is 4.10. The Labute approximate surface area is 192 Å². The van der Waals surface area contributed by atoms with Gasteiger partial charge in [-0.25, -0.2) is 4.79 Å². The minimum absolute atomic E-state index is 0.127. The van der Waals surface area contributed by atoms with Crippen molar-refractivity contribution in [1.82, 2.24) is 10.6 Å². The lowest BCUT2D eigenvalue weighted by atomic mass is 10.0. The number of nitrogens with one attached hydrogen (secondary N) is 3. The number of furan rings is 1. The molecule has 2 aromatic carbocycles. The van der Waals surface area contributed by atoms with Crippen molar-refractivity contribution in [2.24, 2.45) is 5.92 Å². The van der Waals surface area contributed by atoms with Crippen LogP contribution in [0.25, 0.3) is 0 Å². The lowest BCUT2D eigenvalue weighted by Crippen LogP contribution is -2.49. The lowest BCUT2D eigenvalue weighted by molar-refractivity contribution is -0.124. The van der Waals surface area contributed by atoms with Gasteiger partial charge >= 0.3 is 6.09 Å². The van der Waals surface area contributed by atoms with Crippen molar-refractivity contribution >= 4 is 23.6 Å². The first-order chi connectivity index (χ1) is 15.9. The fourth-order valence-electron chi connectivity index (χ4n) is 3.03. The molecule has 1 atom stereocenters. The number of alkyl carbamates (subject to hydrolysis) is 1. The minimum Gasteiger partial charge on any atom is -0.459 e. The predicted molar refractivity (Wildman–Crippen MR) is 123 cm³/mol. The zero-order valence-electron chi connectivity index (χ0n) is 18.5. The van der Waals surface area contributed by atoms with Crippen LogP contribution in [0.3, 0.4) is 0 Å². The SMILES string of the molecule is CC(C)[C@H](NC(=O)OCc1ccccc1)C(=O)NCc1ccc(NC(=O)c2ccco2)cc1. The van der Waals surface area contributed by atoms with Crippen LogP contribution >= 0.6 is 0 Å². The summed E-state index contributed by atoms with van der Waals surface area (Å²) in [5, 5.41) is 8.20. The number of hydrogen-bond donors (Lipinski definition) is 3. The number of anilines is 1. The molecule has 3 amide bonds. The molecule has 0 radical (unpaired) electrons. The topological polar surface area (TPSA) is 110 Å². The van der Waals surface area contributed by atoms with E-state index in [1.54, 1.807) is 36.4 Å². The highest BCUT2D eigenvalue weighted by Crippen LogP contribution is 2.12. The van der Waals surface area contributed by atoms with Crippen molar-refractivity contribution in [3.8, 4) is 0 Å². The van der Waals surface area contributed by atoms with E-state index >= 15 is 0 Å². The Hall–Kier alpha value is -4.07. The third kappa shape index (κ3) is 7.24. The molecule has 33 heavy (non-hydrogen) atoms. The van der Waals surface area contributed by atoms with Gasteiger partial charge in [-0.15, -0.1) is 0 Å². The Morgan fingerprint density at radius 1 is 0.909 bits per heavy atom. The van der Waals surface area contributed by atoms with E-state index in [0.717, 1.165) is 11.1 Å². The Kier molecular flexibility index (Phi) is 8.24. The highest BCUT2D eigenvalue weighted by Gasteiger charge is 2.24. The van der Waals surface area contributed by atoms with Crippen LogP contribution in [0.15, 0.2) is 77.4 Å². The van der Waals surface area contributed by atoms with Crippen molar-refractivity contribution in [3.63, 3.8) is 0 Å². The highest BCUT2D eigenvalue weighted by molar-refractivity contribution is 6.02. The summed E-state index contributed by atoms with van der Waals surface area (Å²) in [7, 11) is 0. The van der Waals surface area contributed by atoms with Crippen molar-refractivity contribution < 1.29 is 23.5 Å². The second-order valence-corrected chi connectivity index (χ2v) is 7.77. The van der Waals surface area contributed by atoms with Crippen molar-refractivity contribution in [2.75, 3.05) is 5.32 Å². The number of amides is 3. The standard InChI is InChI=1S/C25H27N3O5/c1-17(2)22(28-25(31)33-16-19-7-4-3-5-8-19)24(30)26-15-18-10-12-20(13-11-18)27-23(29)21-9-6-14-32-21/h3-14,17,22H,15-16H2,1-2H3,(H,26,30)(H,27,29)(H,28,31)/t22-/m0/s1. The third-order valence-corrected chi connectivity index (χ3v) is 4.86. The van der Waals surface area contributed by atoms with Gasteiger partial charge < -0.3 is 25.1 Å². The summed E-state index contributed by atoms with van der Waals surface area (Å²) in [4.78, 5) is 36.9. The highest BCUT2D eigenvalue weighted by atomic mass is 16.5. The van der Waals surface area contributed by atoms with E-state index in [1.807, 2.05) is 44.2 Å². The summed E-state index contributed by atoms with van der Waals surface area (Å²) in [6.45, 7) is 4.09. The Balaban J connectivity index is 1.47. The van der Waals surface area contributed by atoms with E-state index in [9.17, 15) is 14.4 Å². The van der Waals surface area contributed by atoms with E-state index < -0.39 is 12.1 Å². The van der Waals surface area contributed by atoms with E-state index in [-0.39, 0.29) is 36.6 Å². The van der Waals surface area contributed by atoms with E-state index in [4.69, 9.17) is 9.15 Å². The van der Waals surface area contributed by atoms with Crippen LogP contribution in [0.2, 0.25) is 0 Å². The van der Waals surface area contributed by atoms with Gasteiger partial charge in [-0.1, -0.05) is 56.3 Å². The van der Waals surface area contributed by atoms with E-state index in [0.29, 0.717) is 5.69 Å². The van der Waals surface area contributed by atoms with Crippen LogP contribution in [-0.2, 0) is 22.7 Å². The molecule has 3 aromatic rings. The number of carbonyl (C=O) groups is 3. The van der Waals surface area contributed by atoms with Gasteiger partial charge in [0.05, 0.1) is 6.26 Å². The second kappa shape index (κ2) is 11.5. The molecule has 0 fully saturated rings. The summed E-state index contributed by atoms with van der Waals surface area (Å²) in [6.07, 6.45) is 0.785. The molecule has 1 heterocycles. The molecule has 0 unspecified atom stereocenters. The average Bonchev–Trinajstić information content (AvgIpc) is 3.36. The fraction of sp³-hybridized carbons (Fsp3) is 0.240. The number of rotatable bonds is 9. The molecular weight excluding hydrogens is 422 g/mol. The summed E-state index contributed by atoms with van der Waals surface area (Å²) in [5.74, 6) is -0.558. The molecule has 0 aliphatic carbocycles. The Morgan fingerprint density at radius 2 is 1.64 bits per heavy atom. The summed E-state index contributed by atoms with van der Waals surface area (Å²) >= 11 is 0. The monoisotopic (exact) mass is 449 g/mol. The van der Waals surface area contributed by atoms with Crippen LogP contribution in [0, 0.1) is 5.92 Å². The second-order valence-electron chi connectivity index (χ2n) is 7.77. The summed E-state index contributed by atoms with van der Waals surface area (Å²) in [6, 6.07) is 18.9. The fourth-order valence-corrected chi connectivity index (χ4v) is 3.03. The Bertz CT molecular complexity index is 1050. The average molecular weight is 450 g/mol. The number of carbonyl (C=O) groups excluding carboxylic acids is 3. The molecule has 172 valence electrons. The molecule has 1 aromatic heterocycles. The number of benzene rings is 2. The van der Waals surface area contributed by atoms with Gasteiger partial charge in [0.2, 0.25) is 5.91 Å². The molecule has 0 spiro atoms. The minimum atomic E-state index is -0.736. The molecule has 0 saturated carbocycles. The van der Waals surface area contributed by atoms with Gasteiger partial charge in [0.1, 0.15) is 12.6 Å². The number of ether oxygens (including phenoxy) is 1. The quantitative estimate of drug-likeness (QED) is 0.456. The van der Waals surface area contributed by atoms with Crippen LogP contribution in [0.1, 0.15) is 35.5 Å². The smallest absolute Gasteiger partial charge is 0.408 e. The van der Waals surface area contributed by atoms with E-state index in [2.05, 4.69) is 16.0 Å². The summed E-state index contributed by atoms with van der Waals surface area (Å²) < 4.78 is 10.3. The van der Waals surface area contributed by atoms with Crippen molar-refractivity contribution in [2.45, 2.75) is 33.0 Å². The molecule has 0 saturated heterocycles. The van der Waals surface area contributed by atoms with Gasteiger partial charge in [-0.3, -0.25) is 9.59 Å². The van der Waals surface area contributed by atoms with Gasteiger partial charge in [0.25, 0.3) is 5.91 Å².